The highest BCUT2D eigenvalue weighted by Crippen LogP contribution is 2.17. The Balaban J connectivity index is 2.34. The summed E-state index contributed by atoms with van der Waals surface area (Å²) < 4.78 is 44.2. The van der Waals surface area contributed by atoms with Gasteiger partial charge >= 0.3 is 12.1 Å². The van der Waals surface area contributed by atoms with Crippen molar-refractivity contribution in [3.05, 3.63) is 0 Å². The van der Waals surface area contributed by atoms with Crippen LogP contribution in [0.25, 0.3) is 0 Å². The third-order valence-corrected chi connectivity index (χ3v) is 2.39. The molecule has 0 aromatic carbocycles. The lowest BCUT2D eigenvalue weighted by molar-refractivity contribution is -0.200. The molecular weight excluding hydrogens is 243 g/mol. The maximum absolute atomic E-state index is 11.8. The molecule has 1 aliphatic heterocycles. The number of likely N-dealkylation sites (tertiary alicyclic amines) is 1. The number of nitrogens with zero attached hydrogens (tertiary/aromatic N) is 1. The van der Waals surface area contributed by atoms with Crippen LogP contribution in [0.5, 0.6) is 0 Å². The summed E-state index contributed by atoms with van der Waals surface area (Å²) in [5.74, 6) is -3.00. The lowest BCUT2D eigenvalue weighted by Crippen LogP contribution is -2.35. The average molecular weight is 255 g/mol. The molecule has 1 saturated heterocycles. The smallest absolute Gasteiger partial charge is 0.449 e. The second-order valence-electron chi connectivity index (χ2n) is 3.56. The van der Waals surface area contributed by atoms with E-state index in [4.69, 9.17) is 4.74 Å². The maximum atomic E-state index is 11.8. The summed E-state index contributed by atoms with van der Waals surface area (Å²) in [6, 6.07) is 0. The van der Waals surface area contributed by atoms with Crippen LogP contribution in [0.3, 0.4) is 0 Å². The Labute approximate surface area is 95.5 Å². The van der Waals surface area contributed by atoms with Crippen molar-refractivity contribution >= 4 is 11.9 Å². The number of ether oxygens (including phenoxy) is 2. The van der Waals surface area contributed by atoms with E-state index in [-0.39, 0.29) is 6.10 Å². The molecule has 1 unspecified atom stereocenters. The zero-order chi connectivity index (χ0) is 13.1. The molecule has 0 N–H and O–H groups in total. The van der Waals surface area contributed by atoms with Crippen molar-refractivity contribution in [1.82, 2.24) is 4.90 Å². The van der Waals surface area contributed by atoms with Crippen LogP contribution in [-0.4, -0.2) is 55.9 Å². The third-order valence-electron chi connectivity index (χ3n) is 2.39. The van der Waals surface area contributed by atoms with Crippen LogP contribution in [-0.2, 0) is 19.1 Å². The number of rotatable bonds is 3. The zero-order valence-electron chi connectivity index (χ0n) is 9.12. The first-order chi connectivity index (χ1) is 7.84. The highest BCUT2D eigenvalue weighted by molar-refractivity contribution is 5.82. The zero-order valence-corrected chi connectivity index (χ0v) is 9.12. The molecule has 0 aromatic heterocycles. The summed E-state index contributed by atoms with van der Waals surface area (Å²) in [6.45, 7) is -0.200. The molecular formula is C9H12F3NO4. The minimum absolute atomic E-state index is 0.114. The van der Waals surface area contributed by atoms with E-state index in [1.54, 1.807) is 0 Å². The fraction of sp³-hybridized carbons (Fsp3) is 0.778. The summed E-state index contributed by atoms with van der Waals surface area (Å²) in [4.78, 5) is 23.0. The molecule has 0 bridgehead atoms. The van der Waals surface area contributed by atoms with Crippen molar-refractivity contribution in [3.8, 4) is 0 Å². The Morgan fingerprint density at radius 2 is 2.06 bits per heavy atom. The van der Waals surface area contributed by atoms with Gasteiger partial charge in [0, 0.05) is 20.2 Å². The number of esters is 1. The molecule has 1 atom stereocenters. The van der Waals surface area contributed by atoms with Gasteiger partial charge in [-0.25, -0.2) is 4.79 Å². The van der Waals surface area contributed by atoms with Gasteiger partial charge in [-0.1, -0.05) is 0 Å². The van der Waals surface area contributed by atoms with Crippen molar-refractivity contribution < 1.29 is 32.2 Å². The van der Waals surface area contributed by atoms with Gasteiger partial charge in [0.1, 0.15) is 0 Å². The molecule has 0 aliphatic carbocycles. The van der Waals surface area contributed by atoms with E-state index in [2.05, 4.69) is 4.74 Å². The van der Waals surface area contributed by atoms with E-state index in [1.807, 2.05) is 0 Å². The number of carbonyl (C=O) groups excluding carboxylic acids is 2. The molecule has 0 spiro atoms. The number of hydrogen-bond acceptors (Lipinski definition) is 4. The number of amides is 1. The van der Waals surface area contributed by atoms with Gasteiger partial charge in [-0.3, -0.25) is 4.79 Å². The second kappa shape index (κ2) is 5.35. The predicted molar refractivity (Wildman–Crippen MR) is 49.0 cm³/mol. The van der Waals surface area contributed by atoms with Crippen molar-refractivity contribution in [2.45, 2.75) is 18.7 Å². The van der Waals surface area contributed by atoms with Gasteiger partial charge in [0.05, 0.1) is 6.10 Å². The van der Waals surface area contributed by atoms with Gasteiger partial charge in [-0.15, -0.1) is 0 Å². The molecule has 0 radical (unpaired) electrons. The van der Waals surface area contributed by atoms with Crippen molar-refractivity contribution in [2.24, 2.45) is 0 Å². The monoisotopic (exact) mass is 255 g/mol. The van der Waals surface area contributed by atoms with Crippen molar-refractivity contribution in [3.63, 3.8) is 0 Å². The topological polar surface area (TPSA) is 55.8 Å². The van der Waals surface area contributed by atoms with Crippen LogP contribution >= 0.6 is 0 Å². The first kappa shape index (κ1) is 13.8. The molecule has 1 rings (SSSR count). The average Bonchev–Trinajstić information content (AvgIpc) is 2.72. The molecule has 0 saturated carbocycles. The van der Waals surface area contributed by atoms with E-state index in [9.17, 15) is 22.8 Å². The second-order valence-corrected chi connectivity index (χ2v) is 3.56. The Bertz CT molecular complexity index is 305. The molecule has 17 heavy (non-hydrogen) atoms. The maximum Gasteiger partial charge on any atom is 0.490 e. The Kier molecular flexibility index (Phi) is 4.33. The SMILES string of the molecule is COC1CCN(C(=O)COC(=O)C(F)(F)F)C1. The number of methoxy groups -OCH3 is 1. The van der Waals surface area contributed by atoms with Gasteiger partial charge < -0.3 is 14.4 Å². The molecule has 0 aromatic rings. The first-order valence-corrected chi connectivity index (χ1v) is 4.89. The summed E-state index contributed by atoms with van der Waals surface area (Å²) >= 11 is 0. The van der Waals surface area contributed by atoms with Gasteiger partial charge in [0.15, 0.2) is 6.61 Å². The Morgan fingerprint density at radius 1 is 1.41 bits per heavy atom. The lowest BCUT2D eigenvalue weighted by atomic mass is 10.3. The van der Waals surface area contributed by atoms with Gasteiger partial charge in [0.25, 0.3) is 5.91 Å². The molecule has 98 valence electrons. The highest BCUT2D eigenvalue weighted by atomic mass is 19.4. The van der Waals surface area contributed by atoms with Gasteiger partial charge in [-0.05, 0) is 6.42 Å². The van der Waals surface area contributed by atoms with Crippen LogP contribution in [0.2, 0.25) is 0 Å². The molecule has 1 aliphatic rings. The summed E-state index contributed by atoms with van der Waals surface area (Å²) in [6.07, 6.45) is -4.56. The molecule has 1 amide bonds. The lowest BCUT2D eigenvalue weighted by Gasteiger charge is -2.16. The van der Waals surface area contributed by atoms with E-state index < -0.39 is 24.7 Å². The standard InChI is InChI=1S/C9H12F3NO4/c1-16-6-2-3-13(4-6)7(14)5-17-8(15)9(10,11)12/h6H,2-5H2,1H3. The highest BCUT2D eigenvalue weighted by Gasteiger charge is 2.41. The number of carbonyl (C=O) groups is 2. The fourth-order valence-electron chi connectivity index (χ4n) is 1.45. The summed E-state index contributed by atoms with van der Waals surface area (Å²) in [5.41, 5.74) is 0. The third kappa shape index (κ3) is 3.88. The number of alkyl halides is 3. The largest absolute Gasteiger partial charge is 0.490 e. The Morgan fingerprint density at radius 3 is 2.53 bits per heavy atom. The van der Waals surface area contributed by atoms with E-state index in [1.165, 1.54) is 12.0 Å². The van der Waals surface area contributed by atoms with Crippen LogP contribution in [0, 0.1) is 0 Å². The fourth-order valence-corrected chi connectivity index (χ4v) is 1.45. The van der Waals surface area contributed by atoms with Crippen molar-refractivity contribution in [1.29, 1.82) is 0 Å². The van der Waals surface area contributed by atoms with E-state index >= 15 is 0 Å². The minimum Gasteiger partial charge on any atom is -0.449 e. The van der Waals surface area contributed by atoms with Crippen LogP contribution in [0.4, 0.5) is 13.2 Å². The van der Waals surface area contributed by atoms with Gasteiger partial charge in [-0.2, -0.15) is 13.2 Å². The van der Waals surface area contributed by atoms with Crippen LogP contribution < -0.4 is 0 Å². The number of hydrogen-bond donors (Lipinski definition) is 0. The van der Waals surface area contributed by atoms with Gasteiger partial charge in [0.2, 0.25) is 0 Å². The molecule has 1 fully saturated rings. The molecule has 5 nitrogen and oxygen atoms in total. The Hall–Kier alpha value is -1.31. The summed E-state index contributed by atoms with van der Waals surface area (Å²) in [5, 5.41) is 0. The van der Waals surface area contributed by atoms with Crippen molar-refractivity contribution in [2.75, 3.05) is 26.8 Å². The van der Waals surface area contributed by atoms with E-state index in [0.717, 1.165) is 0 Å². The van der Waals surface area contributed by atoms with Crippen LogP contribution in [0.1, 0.15) is 6.42 Å². The molecule has 8 heteroatoms. The summed E-state index contributed by atoms with van der Waals surface area (Å²) in [7, 11) is 1.49. The quantitative estimate of drug-likeness (QED) is 0.682. The molecule has 1 heterocycles. The first-order valence-electron chi connectivity index (χ1n) is 4.89. The normalized spacial score (nSPS) is 20.5. The predicted octanol–water partition coefficient (Wildman–Crippen LogP) is 0.339. The van der Waals surface area contributed by atoms with E-state index in [0.29, 0.717) is 19.5 Å². The van der Waals surface area contributed by atoms with Crippen LogP contribution in [0.15, 0.2) is 0 Å². The minimum atomic E-state index is -5.07. The number of halogens is 3.